The molecular formula is C35H57N3O3. The van der Waals surface area contributed by atoms with Crippen molar-refractivity contribution in [3.05, 3.63) is 30.1 Å². The van der Waals surface area contributed by atoms with E-state index in [1.54, 1.807) is 0 Å². The van der Waals surface area contributed by atoms with Gasteiger partial charge in [0.2, 0.25) is 0 Å². The molecule has 0 saturated heterocycles. The van der Waals surface area contributed by atoms with Crippen LogP contribution in [0.15, 0.2) is 24.4 Å². The number of aromatic nitrogens is 1. The molecule has 6 nitrogen and oxygen atoms in total. The minimum Gasteiger partial charge on any atom is -0.469 e. The highest BCUT2D eigenvalue weighted by molar-refractivity contribution is 5.69. The Bertz CT molecular complexity index is 990. The van der Waals surface area contributed by atoms with Gasteiger partial charge in [-0.1, -0.05) is 26.8 Å². The first kappa shape index (κ1) is 30.9. The summed E-state index contributed by atoms with van der Waals surface area (Å²) < 4.78 is 4.92. The molecule has 6 heteroatoms. The Hall–Kier alpha value is -1.50. The number of aliphatic hydroxyl groups excluding tert-OH is 1. The Labute approximate surface area is 249 Å². The fourth-order valence-corrected chi connectivity index (χ4v) is 10.4. The lowest BCUT2D eigenvalue weighted by atomic mass is 9.43. The summed E-state index contributed by atoms with van der Waals surface area (Å²) in [5.41, 5.74) is 1.77. The van der Waals surface area contributed by atoms with Gasteiger partial charge in [0.05, 0.1) is 18.9 Å². The summed E-state index contributed by atoms with van der Waals surface area (Å²) in [6.45, 7) is 10.5. The highest BCUT2D eigenvalue weighted by atomic mass is 16.5. The number of pyridine rings is 1. The summed E-state index contributed by atoms with van der Waals surface area (Å²) in [6.07, 6.45) is 15.4. The zero-order chi connectivity index (χ0) is 29.0. The maximum atomic E-state index is 11.8. The van der Waals surface area contributed by atoms with Crippen LogP contribution < -0.4 is 10.6 Å². The fourth-order valence-electron chi connectivity index (χ4n) is 10.4. The lowest BCUT2D eigenvalue weighted by Gasteiger charge is -2.62. The van der Waals surface area contributed by atoms with E-state index in [2.05, 4.69) is 42.5 Å². The second-order valence-electron chi connectivity index (χ2n) is 14.7. The van der Waals surface area contributed by atoms with Gasteiger partial charge < -0.3 is 20.5 Å². The molecule has 230 valence electrons. The van der Waals surface area contributed by atoms with Crippen LogP contribution in [0.2, 0.25) is 0 Å². The van der Waals surface area contributed by atoms with Crippen molar-refractivity contribution in [2.24, 2.45) is 46.3 Å². The Kier molecular flexibility index (Phi) is 10.1. The molecule has 3 N–H and O–H groups in total. The summed E-state index contributed by atoms with van der Waals surface area (Å²) in [7, 11) is 1.49. The number of esters is 1. The van der Waals surface area contributed by atoms with Gasteiger partial charge in [0.1, 0.15) is 0 Å². The summed E-state index contributed by atoms with van der Waals surface area (Å²) >= 11 is 0. The zero-order valence-electron chi connectivity index (χ0n) is 26.2. The van der Waals surface area contributed by atoms with Gasteiger partial charge in [-0.15, -0.1) is 0 Å². The van der Waals surface area contributed by atoms with Gasteiger partial charge in [0, 0.05) is 25.2 Å². The van der Waals surface area contributed by atoms with Crippen LogP contribution in [0, 0.1) is 46.3 Å². The van der Waals surface area contributed by atoms with Crippen LogP contribution >= 0.6 is 0 Å². The molecule has 4 saturated carbocycles. The van der Waals surface area contributed by atoms with Crippen molar-refractivity contribution in [3.8, 4) is 0 Å². The van der Waals surface area contributed by atoms with Gasteiger partial charge in [-0.3, -0.25) is 9.78 Å². The maximum Gasteiger partial charge on any atom is 0.305 e. The van der Waals surface area contributed by atoms with Crippen molar-refractivity contribution < 1.29 is 14.6 Å². The Morgan fingerprint density at radius 2 is 1.85 bits per heavy atom. The third-order valence-corrected chi connectivity index (χ3v) is 12.7. The molecule has 0 spiro atoms. The van der Waals surface area contributed by atoms with Crippen LogP contribution in [-0.4, -0.2) is 48.4 Å². The van der Waals surface area contributed by atoms with E-state index in [1.807, 2.05) is 18.3 Å². The van der Waals surface area contributed by atoms with Gasteiger partial charge in [0.15, 0.2) is 0 Å². The number of aliphatic hydroxyl groups is 1. The first-order valence-electron chi connectivity index (χ1n) is 16.8. The number of methoxy groups -OCH3 is 1. The van der Waals surface area contributed by atoms with E-state index >= 15 is 0 Å². The maximum absolute atomic E-state index is 11.8. The van der Waals surface area contributed by atoms with Gasteiger partial charge in [0.25, 0.3) is 0 Å². The first-order chi connectivity index (χ1) is 19.8. The van der Waals surface area contributed by atoms with Crippen molar-refractivity contribution in [2.75, 3.05) is 20.2 Å². The number of unbranched alkanes of at least 4 members (excludes halogenated alkanes) is 1. The SMILES string of the molecule is COC(=O)CC[C@@H](C)[C@H]1CCC2C3C(CC[C@@]21C)[C@@]1(C)CC[C@@H](NCCCCNCc2ccccn2)C[C@H]1C[C@H]3O. The molecular weight excluding hydrogens is 510 g/mol. The molecule has 0 bridgehead atoms. The molecule has 0 aromatic carbocycles. The number of nitrogens with one attached hydrogen (secondary N) is 2. The van der Waals surface area contributed by atoms with Crippen molar-refractivity contribution in [1.29, 1.82) is 0 Å². The summed E-state index contributed by atoms with van der Waals surface area (Å²) in [5.74, 6) is 3.47. The van der Waals surface area contributed by atoms with Crippen LogP contribution in [0.4, 0.5) is 0 Å². The lowest BCUT2D eigenvalue weighted by molar-refractivity contribution is -0.167. The van der Waals surface area contributed by atoms with Crippen LogP contribution in [0.5, 0.6) is 0 Å². The van der Waals surface area contributed by atoms with Gasteiger partial charge in [-0.2, -0.15) is 0 Å². The molecule has 41 heavy (non-hydrogen) atoms. The molecule has 1 heterocycles. The van der Waals surface area contributed by atoms with E-state index in [9.17, 15) is 9.90 Å². The van der Waals surface area contributed by atoms with Crippen LogP contribution in [0.25, 0.3) is 0 Å². The second kappa shape index (κ2) is 13.4. The van der Waals surface area contributed by atoms with Crippen molar-refractivity contribution in [1.82, 2.24) is 15.6 Å². The van der Waals surface area contributed by atoms with Gasteiger partial charge in [-0.25, -0.2) is 0 Å². The van der Waals surface area contributed by atoms with E-state index < -0.39 is 0 Å². The fraction of sp³-hybridized carbons (Fsp3) is 0.829. The number of carbonyl (C=O) groups excluding carboxylic acids is 1. The monoisotopic (exact) mass is 567 g/mol. The molecule has 0 aliphatic heterocycles. The molecule has 4 aliphatic rings. The Morgan fingerprint density at radius 3 is 2.63 bits per heavy atom. The van der Waals surface area contributed by atoms with Crippen molar-refractivity contribution in [3.63, 3.8) is 0 Å². The predicted octanol–water partition coefficient (Wildman–Crippen LogP) is 6.13. The largest absolute Gasteiger partial charge is 0.469 e. The average molecular weight is 568 g/mol. The molecule has 3 unspecified atom stereocenters. The quantitative estimate of drug-likeness (QED) is 0.208. The van der Waals surface area contributed by atoms with Crippen molar-refractivity contribution in [2.45, 2.75) is 117 Å². The third-order valence-electron chi connectivity index (χ3n) is 12.7. The summed E-state index contributed by atoms with van der Waals surface area (Å²) in [6, 6.07) is 6.67. The zero-order valence-corrected chi connectivity index (χ0v) is 26.2. The third kappa shape index (κ3) is 6.55. The Morgan fingerprint density at radius 1 is 1.07 bits per heavy atom. The lowest BCUT2D eigenvalue weighted by Crippen LogP contribution is -2.59. The smallest absolute Gasteiger partial charge is 0.305 e. The summed E-state index contributed by atoms with van der Waals surface area (Å²) in [5, 5.41) is 19.1. The van der Waals surface area contributed by atoms with E-state index in [4.69, 9.17) is 4.74 Å². The molecule has 1 aromatic rings. The molecule has 10 atom stereocenters. The number of carbonyl (C=O) groups is 1. The standard InChI is InChI=1S/C35H57N3O3/c1-24(10-13-32(40)41-4)28-11-12-29-33-30(15-17-35(28,29)3)34(2)16-14-26(21-25(34)22-31(33)39)37-20-8-7-18-36-23-27-9-5-6-19-38-27/h5-6,9,19,24-26,28-31,33,36-37,39H,7-8,10-18,20-23H2,1-4H3/t24-,25+,26-,28-,29?,30?,31-,33?,34+,35-/m1/s1. The molecule has 4 fully saturated rings. The van der Waals surface area contributed by atoms with E-state index in [0.717, 1.165) is 38.2 Å². The molecule has 0 amide bonds. The number of hydrogen-bond donors (Lipinski definition) is 3. The minimum atomic E-state index is -0.157. The number of fused-ring (bicyclic) bond motifs is 5. The predicted molar refractivity (Wildman–Crippen MR) is 164 cm³/mol. The Balaban J connectivity index is 1.10. The van der Waals surface area contributed by atoms with Crippen LogP contribution in [0.3, 0.4) is 0 Å². The number of rotatable bonds is 12. The number of hydrogen-bond acceptors (Lipinski definition) is 6. The molecule has 5 rings (SSSR count). The molecule has 4 aliphatic carbocycles. The molecule has 0 radical (unpaired) electrons. The normalized spacial score (nSPS) is 38.9. The van der Waals surface area contributed by atoms with E-state index in [1.165, 1.54) is 64.9 Å². The van der Waals surface area contributed by atoms with Gasteiger partial charge in [-0.05, 0) is 142 Å². The molecule has 1 aromatic heterocycles. The van der Waals surface area contributed by atoms with Gasteiger partial charge >= 0.3 is 5.97 Å². The summed E-state index contributed by atoms with van der Waals surface area (Å²) in [4.78, 5) is 16.2. The highest BCUT2D eigenvalue weighted by Crippen LogP contribution is 2.68. The van der Waals surface area contributed by atoms with E-state index in [0.29, 0.717) is 58.8 Å². The first-order valence-corrected chi connectivity index (χ1v) is 16.8. The van der Waals surface area contributed by atoms with Crippen LogP contribution in [-0.2, 0) is 16.1 Å². The van der Waals surface area contributed by atoms with E-state index in [-0.39, 0.29) is 12.1 Å². The van der Waals surface area contributed by atoms with Crippen LogP contribution in [0.1, 0.15) is 104 Å². The van der Waals surface area contributed by atoms with Crippen molar-refractivity contribution >= 4 is 5.97 Å². The number of nitrogens with zero attached hydrogens (tertiary/aromatic N) is 1. The minimum absolute atomic E-state index is 0.0827. The second-order valence-corrected chi connectivity index (χ2v) is 14.7. The average Bonchev–Trinajstić information content (AvgIpc) is 3.33. The highest BCUT2D eigenvalue weighted by Gasteiger charge is 2.62. The topological polar surface area (TPSA) is 83.5 Å². The number of ether oxygens (including phenoxy) is 1.